The van der Waals surface area contributed by atoms with Gasteiger partial charge in [0.05, 0.1) is 0 Å². The van der Waals surface area contributed by atoms with Crippen LogP contribution in [0.2, 0.25) is 0 Å². The number of benzene rings is 1. The van der Waals surface area contributed by atoms with Gasteiger partial charge in [0, 0.05) is 0 Å². The molecule has 1 heteroatoms. The van der Waals surface area contributed by atoms with E-state index in [1.807, 2.05) is 0 Å². The van der Waals surface area contributed by atoms with Crippen molar-refractivity contribution in [3.63, 3.8) is 0 Å². The van der Waals surface area contributed by atoms with Crippen LogP contribution in [0.15, 0.2) is 18.2 Å². The number of fused-ring (bicyclic) bond motifs is 3. The maximum Gasteiger partial charge on any atom is -0.0105 e. The highest BCUT2D eigenvalue weighted by Crippen LogP contribution is 2.55. The Labute approximate surface area is 118 Å². The van der Waals surface area contributed by atoms with Crippen LogP contribution in [0.3, 0.4) is 0 Å². The number of hydrogen-bond acceptors (Lipinski definition) is 0. The molecule has 18 heavy (non-hydrogen) atoms. The number of rotatable bonds is 2. The Bertz CT molecular complexity index is 424. The summed E-state index contributed by atoms with van der Waals surface area (Å²) in [6.45, 7) is 4.82. The van der Waals surface area contributed by atoms with E-state index in [4.69, 9.17) is 0 Å². The van der Waals surface area contributed by atoms with Gasteiger partial charge in [0.1, 0.15) is 0 Å². The average Bonchev–Trinajstić information content (AvgIpc) is 2.72. The maximum atomic E-state index is 2.53. The van der Waals surface area contributed by atoms with E-state index in [-0.39, 0.29) is 12.4 Å². The van der Waals surface area contributed by atoms with E-state index < -0.39 is 0 Å². The van der Waals surface area contributed by atoms with Gasteiger partial charge in [0.2, 0.25) is 0 Å². The van der Waals surface area contributed by atoms with Gasteiger partial charge in [0.25, 0.3) is 0 Å². The molecular weight excluding hydrogens is 240 g/mol. The molecule has 0 unspecified atom stereocenters. The third-order valence-corrected chi connectivity index (χ3v) is 5.23. The Hall–Kier alpha value is -0.490. The van der Waals surface area contributed by atoms with Crippen LogP contribution in [0.4, 0.5) is 0 Å². The molecule has 1 saturated carbocycles. The van der Waals surface area contributed by atoms with E-state index in [0.29, 0.717) is 5.41 Å². The van der Waals surface area contributed by atoms with E-state index in [0.717, 1.165) is 5.92 Å². The predicted octanol–water partition coefficient (Wildman–Crippen LogP) is 5.28. The smallest absolute Gasteiger partial charge is 0.0105 e. The lowest BCUT2D eigenvalue weighted by Crippen LogP contribution is -2.27. The van der Waals surface area contributed by atoms with Crippen LogP contribution < -0.4 is 0 Å². The SMILES string of the molecule is CCCc1cccc2c1CC[C@@]1(C)CCC[C@H]21.Cl. The fraction of sp³-hybridized carbons (Fsp3) is 0.647. The molecule has 0 saturated heterocycles. The van der Waals surface area contributed by atoms with Crippen molar-refractivity contribution < 1.29 is 0 Å². The molecule has 0 amide bonds. The minimum Gasteiger partial charge on any atom is -0.147 e. The van der Waals surface area contributed by atoms with Crippen LogP contribution in [0.1, 0.15) is 68.6 Å². The van der Waals surface area contributed by atoms with Crippen molar-refractivity contribution in [3.05, 3.63) is 34.9 Å². The van der Waals surface area contributed by atoms with Gasteiger partial charge < -0.3 is 0 Å². The Morgan fingerprint density at radius 2 is 2.11 bits per heavy atom. The van der Waals surface area contributed by atoms with Crippen LogP contribution in [0.25, 0.3) is 0 Å². The summed E-state index contributed by atoms with van der Waals surface area (Å²) in [7, 11) is 0. The molecule has 0 aliphatic heterocycles. The van der Waals surface area contributed by atoms with Crippen molar-refractivity contribution in [3.8, 4) is 0 Å². The van der Waals surface area contributed by atoms with Crippen LogP contribution >= 0.6 is 12.4 Å². The van der Waals surface area contributed by atoms with Gasteiger partial charge in [-0.1, -0.05) is 44.9 Å². The molecule has 0 aromatic heterocycles. The first-order chi connectivity index (χ1) is 8.24. The molecule has 0 N–H and O–H groups in total. The average molecular weight is 265 g/mol. The van der Waals surface area contributed by atoms with Gasteiger partial charge in [-0.2, -0.15) is 0 Å². The first-order valence-electron chi connectivity index (χ1n) is 7.35. The normalized spacial score (nSPS) is 29.3. The highest BCUT2D eigenvalue weighted by atomic mass is 35.5. The highest BCUT2D eigenvalue weighted by molar-refractivity contribution is 5.85. The summed E-state index contributed by atoms with van der Waals surface area (Å²) >= 11 is 0. The summed E-state index contributed by atoms with van der Waals surface area (Å²) in [6, 6.07) is 7.08. The fourth-order valence-corrected chi connectivity index (χ4v) is 4.26. The lowest BCUT2D eigenvalue weighted by molar-refractivity contribution is 0.252. The number of hydrogen-bond donors (Lipinski definition) is 0. The van der Waals surface area contributed by atoms with E-state index in [9.17, 15) is 0 Å². The molecule has 2 atom stereocenters. The Morgan fingerprint density at radius 3 is 2.89 bits per heavy atom. The molecule has 1 aromatic carbocycles. The minimum absolute atomic E-state index is 0. The van der Waals surface area contributed by atoms with Gasteiger partial charge in [-0.15, -0.1) is 12.4 Å². The molecule has 1 fully saturated rings. The van der Waals surface area contributed by atoms with E-state index in [1.54, 1.807) is 16.7 Å². The number of aryl methyl sites for hydroxylation is 1. The van der Waals surface area contributed by atoms with Crippen LogP contribution in [-0.2, 0) is 12.8 Å². The maximum absolute atomic E-state index is 2.53. The summed E-state index contributed by atoms with van der Waals surface area (Å²) in [4.78, 5) is 0. The molecule has 2 aliphatic carbocycles. The first kappa shape index (κ1) is 13.9. The van der Waals surface area contributed by atoms with Crippen molar-refractivity contribution in [1.82, 2.24) is 0 Å². The van der Waals surface area contributed by atoms with Crippen molar-refractivity contribution in [1.29, 1.82) is 0 Å². The molecule has 2 aliphatic rings. The van der Waals surface area contributed by atoms with Crippen molar-refractivity contribution in [2.75, 3.05) is 0 Å². The third-order valence-electron chi connectivity index (χ3n) is 5.23. The zero-order valence-electron chi connectivity index (χ0n) is 11.7. The summed E-state index contributed by atoms with van der Waals surface area (Å²) in [5.74, 6) is 0.864. The van der Waals surface area contributed by atoms with Gasteiger partial charge in [0.15, 0.2) is 0 Å². The molecule has 100 valence electrons. The summed E-state index contributed by atoms with van der Waals surface area (Å²) in [6.07, 6.45) is 9.63. The zero-order chi connectivity index (χ0) is 11.9. The quantitative estimate of drug-likeness (QED) is 0.682. The van der Waals surface area contributed by atoms with Gasteiger partial charge >= 0.3 is 0 Å². The van der Waals surface area contributed by atoms with Crippen LogP contribution in [-0.4, -0.2) is 0 Å². The lowest BCUT2D eigenvalue weighted by atomic mass is 9.66. The Kier molecular flexibility index (Phi) is 4.06. The largest absolute Gasteiger partial charge is 0.147 e. The highest BCUT2D eigenvalue weighted by Gasteiger charge is 2.42. The van der Waals surface area contributed by atoms with E-state index in [2.05, 4.69) is 32.0 Å². The molecule has 0 radical (unpaired) electrons. The second-order valence-electron chi connectivity index (χ2n) is 6.33. The van der Waals surface area contributed by atoms with Gasteiger partial charge in [-0.3, -0.25) is 0 Å². The lowest BCUT2D eigenvalue weighted by Gasteiger charge is -2.38. The van der Waals surface area contributed by atoms with Crippen LogP contribution in [0, 0.1) is 5.41 Å². The summed E-state index contributed by atoms with van der Waals surface area (Å²) in [5.41, 5.74) is 5.69. The van der Waals surface area contributed by atoms with Crippen molar-refractivity contribution >= 4 is 12.4 Å². The fourth-order valence-electron chi connectivity index (χ4n) is 4.26. The zero-order valence-corrected chi connectivity index (χ0v) is 12.5. The molecular formula is C17H25Cl. The molecule has 0 heterocycles. The molecule has 1 aromatic rings. The second-order valence-corrected chi connectivity index (χ2v) is 6.33. The minimum atomic E-state index is 0. The van der Waals surface area contributed by atoms with E-state index in [1.165, 1.54) is 44.9 Å². The number of halogens is 1. The van der Waals surface area contributed by atoms with Crippen molar-refractivity contribution in [2.24, 2.45) is 5.41 Å². The van der Waals surface area contributed by atoms with Gasteiger partial charge in [-0.05, 0) is 60.1 Å². The third kappa shape index (κ3) is 2.09. The molecule has 3 rings (SSSR count). The second kappa shape index (κ2) is 5.25. The Balaban J connectivity index is 0.00000120. The Morgan fingerprint density at radius 1 is 1.28 bits per heavy atom. The summed E-state index contributed by atoms with van der Waals surface area (Å²) in [5, 5.41) is 0. The van der Waals surface area contributed by atoms with Crippen LogP contribution in [0.5, 0.6) is 0 Å². The molecule has 0 bridgehead atoms. The predicted molar refractivity (Wildman–Crippen MR) is 80.7 cm³/mol. The topological polar surface area (TPSA) is 0 Å². The monoisotopic (exact) mass is 264 g/mol. The van der Waals surface area contributed by atoms with E-state index >= 15 is 0 Å². The first-order valence-corrected chi connectivity index (χ1v) is 7.35. The van der Waals surface area contributed by atoms with Crippen molar-refractivity contribution in [2.45, 2.75) is 64.7 Å². The molecule has 0 nitrogen and oxygen atoms in total. The molecule has 0 spiro atoms. The standard InChI is InChI=1S/C17H24.ClH/c1-3-6-13-7-4-8-15-14(13)10-12-17(2)11-5-9-16(15)17;/h4,7-8,16H,3,5-6,9-12H2,1-2H3;1H/t16-,17-;/m1./s1. The van der Waals surface area contributed by atoms with Gasteiger partial charge in [-0.25, -0.2) is 0 Å². The summed E-state index contributed by atoms with van der Waals surface area (Å²) < 4.78 is 0.